The molecule has 0 aliphatic carbocycles. The summed E-state index contributed by atoms with van der Waals surface area (Å²) in [5.74, 6) is 0.361. The number of halogens is 1. The zero-order valence-corrected chi connectivity index (χ0v) is 15.3. The Hall–Kier alpha value is -0.880. The molecule has 1 aliphatic heterocycles. The lowest BCUT2D eigenvalue weighted by atomic mass is 9.90. The van der Waals surface area contributed by atoms with Crippen LogP contribution in [0.1, 0.15) is 42.0 Å². The lowest BCUT2D eigenvalue weighted by Crippen LogP contribution is -2.35. The van der Waals surface area contributed by atoms with Crippen LogP contribution in [0.4, 0.5) is 0 Å². The molecule has 0 aromatic carbocycles. The molecule has 0 radical (unpaired) electrons. The van der Waals surface area contributed by atoms with Gasteiger partial charge in [0.15, 0.2) is 0 Å². The zero-order chi connectivity index (χ0) is 16.4. The van der Waals surface area contributed by atoms with E-state index in [0.717, 1.165) is 60.2 Å². The second-order valence-electron chi connectivity index (χ2n) is 6.27. The minimum atomic E-state index is -0.315. The zero-order valence-electron chi connectivity index (χ0n) is 13.7. The van der Waals surface area contributed by atoms with Crippen LogP contribution in [0.15, 0.2) is 17.5 Å². The van der Waals surface area contributed by atoms with Gasteiger partial charge in [0, 0.05) is 24.0 Å². The van der Waals surface area contributed by atoms with Gasteiger partial charge in [-0.2, -0.15) is 5.10 Å². The van der Waals surface area contributed by atoms with E-state index in [1.54, 1.807) is 16.0 Å². The number of thiophene rings is 1. The predicted molar refractivity (Wildman–Crippen MR) is 94.9 cm³/mol. The fourth-order valence-electron chi connectivity index (χ4n) is 3.38. The van der Waals surface area contributed by atoms with Crippen LogP contribution in [-0.4, -0.2) is 32.9 Å². The average molecular weight is 354 g/mol. The van der Waals surface area contributed by atoms with Crippen molar-refractivity contribution in [2.75, 3.05) is 13.1 Å². The molecule has 6 heteroatoms. The van der Waals surface area contributed by atoms with Gasteiger partial charge >= 0.3 is 0 Å². The third-order valence-electron chi connectivity index (χ3n) is 4.78. The molecule has 0 saturated carbocycles. The largest absolute Gasteiger partial charge is 0.387 e. The molecule has 0 bridgehead atoms. The van der Waals surface area contributed by atoms with Crippen LogP contribution < -0.4 is 0 Å². The Bertz CT molecular complexity index is 633. The lowest BCUT2D eigenvalue weighted by molar-refractivity contribution is 0.0590. The van der Waals surface area contributed by atoms with Gasteiger partial charge < -0.3 is 5.11 Å². The van der Waals surface area contributed by atoms with Crippen LogP contribution in [0.5, 0.6) is 0 Å². The Balaban J connectivity index is 1.59. The van der Waals surface area contributed by atoms with Crippen molar-refractivity contribution in [3.8, 4) is 0 Å². The van der Waals surface area contributed by atoms with Gasteiger partial charge in [-0.1, -0.05) is 24.6 Å². The van der Waals surface area contributed by atoms with Gasteiger partial charge in [-0.05, 0) is 49.7 Å². The Morgan fingerprint density at radius 2 is 2.17 bits per heavy atom. The van der Waals surface area contributed by atoms with E-state index in [2.05, 4.69) is 16.9 Å². The number of aromatic nitrogens is 2. The van der Waals surface area contributed by atoms with Gasteiger partial charge in [0.2, 0.25) is 0 Å². The van der Waals surface area contributed by atoms with E-state index >= 15 is 0 Å². The van der Waals surface area contributed by atoms with Crippen molar-refractivity contribution in [2.45, 2.75) is 38.8 Å². The highest BCUT2D eigenvalue weighted by Gasteiger charge is 2.27. The van der Waals surface area contributed by atoms with Crippen LogP contribution in [0.25, 0.3) is 0 Å². The second-order valence-corrected chi connectivity index (χ2v) is 7.60. The first-order valence-corrected chi connectivity index (χ1v) is 9.50. The molecule has 0 spiro atoms. The minimum Gasteiger partial charge on any atom is -0.387 e. The molecule has 1 saturated heterocycles. The van der Waals surface area contributed by atoms with E-state index in [1.165, 1.54) is 0 Å². The number of hydrogen-bond acceptors (Lipinski definition) is 4. The van der Waals surface area contributed by atoms with Crippen LogP contribution in [0.3, 0.4) is 0 Å². The molecule has 1 atom stereocenters. The second kappa shape index (κ2) is 7.34. The number of aliphatic hydroxyl groups excluding tert-OH is 1. The molecule has 4 nitrogen and oxygen atoms in total. The summed E-state index contributed by atoms with van der Waals surface area (Å²) >= 11 is 8.04. The number of rotatable bonds is 5. The van der Waals surface area contributed by atoms with E-state index in [-0.39, 0.29) is 6.10 Å². The van der Waals surface area contributed by atoms with Gasteiger partial charge in [-0.25, -0.2) is 0 Å². The summed E-state index contributed by atoms with van der Waals surface area (Å²) in [6, 6.07) is 4.04. The molecule has 23 heavy (non-hydrogen) atoms. The molecule has 1 unspecified atom stereocenters. The van der Waals surface area contributed by atoms with Gasteiger partial charge in [0.25, 0.3) is 0 Å². The summed E-state index contributed by atoms with van der Waals surface area (Å²) in [6.45, 7) is 4.98. The summed E-state index contributed by atoms with van der Waals surface area (Å²) in [7, 11) is 1.90. The molecule has 1 aliphatic rings. The number of nitrogens with zero attached hydrogens (tertiary/aromatic N) is 3. The maximum atomic E-state index is 10.5. The van der Waals surface area contributed by atoms with Gasteiger partial charge in [-0.15, -0.1) is 11.3 Å². The first kappa shape index (κ1) is 17.0. The summed E-state index contributed by atoms with van der Waals surface area (Å²) < 4.78 is 1.77. The number of hydrogen-bond donors (Lipinski definition) is 1. The molecule has 1 fully saturated rings. The summed E-state index contributed by atoms with van der Waals surface area (Å²) in [5.41, 5.74) is 2.26. The first-order valence-electron chi connectivity index (χ1n) is 8.24. The molecule has 2 aromatic rings. The maximum Gasteiger partial charge on any atom is 0.131 e. The first-order chi connectivity index (χ1) is 11.1. The van der Waals surface area contributed by atoms with E-state index in [4.69, 9.17) is 11.6 Å². The molecule has 2 aromatic heterocycles. The minimum absolute atomic E-state index is 0.315. The summed E-state index contributed by atoms with van der Waals surface area (Å²) in [4.78, 5) is 3.52. The van der Waals surface area contributed by atoms with E-state index < -0.39 is 0 Å². The number of piperidine rings is 1. The van der Waals surface area contributed by atoms with Gasteiger partial charge in [0.1, 0.15) is 5.15 Å². The lowest BCUT2D eigenvalue weighted by Gasteiger charge is -2.34. The summed E-state index contributed by atoms with van der Waals surface area (Å²) in [5, 5.41) is 17.8. The average Bonchev–Trinajstić information content (AvgIpc) is 3.19. The van der Waals surface area contributed by atoms with Crippen molar-refractivity contribution in [1.82, 2.24) is 14.7 Å². The standard InChI is InChI=1S/C17H24ClN3OS/c1-3-14-13(17(18)20(2)19-14)11-21-8-6-12(7-9-21)16(22)15-5-4-10-23-15/h4-5,10,12,16,22H,3,6-9,11H2,1-2H3. The Morgan fingerprint density at radius 1 is 1.43 bits per heavy atom. The maximum absolute atomic E-state index is 10.5. The highest BCUT2D eigenvalue weighted by atomic mass is 35.5. The van der Waals surface area contributed by atoms with Gasteiger partial charge in [0.05, 0.1) is 11.8 Å². The topological polar surface area (TPSA) is 41.3 Å². The highest BCUT2D eigenvalue weighted by Crippen LogP contribution is 2.33. The Morgan fingerprint density at radius 3 is 2.78 bits per heavy atom. The van der Waals surface area contributed by atoms with Gasteiger partial charge in [-0.3, -0.25) is 9.58 Å². The molecular weight excluding hydrogens is 330 g/mol. The number of aliphatic hydroxyl groups is 1. The third-order valence-corrected chi connectivity index (χ3v) is 6.20. The molecule has 0 amide bonds. The normalized spacial score (nSPS) is 18.4. The third kappa shape index (κ3) is 3.63. The van der Waals surface area contributed by atoms with Crippen molar-refractivity contribution in [3.05, 3.63) is 38.8 Å². The molecular formula is C17H24ClN3OS. The Labute approximate surface area is 146 Å². The highest BCUT2D eigenvalue weighted by molar-refractivity contribution is 7.10. The van der Waals surface area contributed by atoms with Crippen LogP contribution in [0, 0.1) is 5.92 Å². The molecule has 126 valence electrons. The van der Waals surface area contributed by atoms with Crippen molar-refractivity contribution in [1.29, 1.82) is 0 Å². The quantitative estimate of drug-likeness (QED) is 0.892. The molecule has 3 rings (SSSR count). The van der Waals surface area contributed by atoms with Crippen molar-refractivity contribution in [2.24, 2.45) is 13.0 Å². The molecule has 1 N–H and O–H groups in total. The van der Waals surface area contributed by atoms with Crippen LogP contribution in [0.2, 0.25) is 5.15 Å². The van der Waals surface area contributed by atoms with E-state index in [0.29, 0.717) is 5.92 Å². The smallest absolute Gasteiger partial charge is 0.131 e. The monoisotopic (exact) mass is 353 g/mol. The Kier molecular flexibility index (Phi) is 5.42. The van der Waals surface area contributed by atoms with E-state index in [1.807, 2.05) is 24.6 Å². The van der Waals surface area contributed by atoms with Crippen LogP contribution >= 0.6 is 22.9 Å². The van der Waals surface area contributed by atoms with Crippen molar-refractivity contribution < 1.29 is 5.11 Å². The fraction of sp³-hybridized carbons (Fsp3) is 0.588. The van der Waals surface area contributed by atoms with Crippen molar-refractivity contribution in [3.63, 3.8) is 0 Å². The van der Waals surface area contributed by atoms with E-state index in [9.17, 15) is 5.11 Å². The number of likely N-dealkylation sites (tertiary alicyclic amines) is 1. The predicted octanol–water partition coefficient (Wildman–Crippen LogP) is 3.64. The van der Waals surface area contributed by atoms with Crippen LogP contribution in [-0.2, 0) is 20.0 Å². The molecule has 3 heterocycles. The summed E-state index contributed by atoms with van der Waals surface area (Å²) in [6.07, 6.45) is 2.64. The number of aryl methyl sites for hydroxylation is 2. The SMILES string of the molecule is CCc1nn(C)c(Cl)c1CN1CCC(C(O)c2cccs2)CC1. The fourth-order valence-corrected chi connectivity index (χ4v) is 4.39. The van der Waals surface area contributed by atoms with Crippen molar-refractivity contribution >= 4 is 22.9 Å².